The molecule has 1 amide bonds. The van der Waals surface area contributed by atoms with Crippen molar-refractivity contribution in [2.45, 2.75) is 154 Å². The second-order valence-corrected chi connectivity index (χ2v) is 11.3. The van der Waals surface area contributed by atoms with Crippen molar-refractivity contribution in [2.24, 2.45) is 5.73 Å². The van der Waals surface area contributed by atoms with Crippen LogP contribution in [0.15, 0.2) is 0 Å². The molecule has 2 N–H and O–H groups in total. The highest BCUT2D eigenvalue weighted by molar-refractivity contribution is 5.79. The number of amides is 1. The standard InChI is InChI=1S/C32H66N2O4/c1-5-7-9-11-13-15-17-19-21-23-26-37-30(29-36-28-25-34(3)4)31(32(33)35)38-27-24-22-20-18-16-14-12-10-8-6-2/h30-31H,5-29H2,1-4H3,(H2,33,35). The summed E-state index contributed by atoms with van der Waals surface area (Å²) in [6.07, 6.45) is 24.3. The van der Waals surface area contributed by atoms with Crippen LogP contribution in [0, 0.1) is 0 Å². The van der Waals surface area contributed by atoms with Gasteiger partial charge in [0.05, 0.1) is 13.2 Å². The Morgan fingerprint density at radius 1 is 0.605 bits per heavy atom. The van der Waals surface area contributed by atoms with Gasteiger partial charge in [-0.3, -0.25) is 4.79 Å². The zero-order chi connectivity index (χ0) is 28.1. The molecule has 38 heavy (non-hydrogen) atoms. The first-order valence-electron chi connectivity index (χ1n) is 16.3. The van der Waals surface area contributed by atoms with E-state index in [1.54, 1.807) is 0 Å². The summed E-state index contributed by atoms with van der Waals surface area (Å²) in [5.74, 6) is -0.457. The molecule has 0 aromatic rings. The minimum Gasteiger partial charge on any atom is -0.377 e. The average molecular weight is 543 g/mol. The van der Waals surface area contributed by atoms with Gasteiger partial charge in [0.15, 0.2) is 6.10 Å². The maximum absolute atomic E-state index is 12.2. The predicted octanol–water partition coefficient (Wildman–Crippen LogP) is 7.66. The molecule has 0 spiro atoms. The fourth-order valence-corrected chi connectivity index (χ4v) is 4.67. The predicted molar refractivity (Wildman–Crippen MR) is 162 cm³/mol. The lowest BCUT2D eigenvalue weighted by Crippen LogP contribution is -2.45. The number of unbranched alkanes of at least 4 members (excludes halogenated alkanes) is 18. The number of nitrogens with two attached hydrogens (primary N) is 1. The second kappa shape index (κ2) is 29.3. The molecular formula is C32H66N2O4. The van der Waals surface area contributed by atoms with Gasteiger partial charge in [-0.05, 0) is 26.9 Å². The first-order valence-corrected chi connectivity index (χ1v) is 16.3. The molecule has 0 saturated carbocycles. The third-order valence-electron chi connectivity index (χ3n) is 7.21. The second-order valence-electron chi connectivity index (χ2n) is 11.3. The Bertz CT molecular complexity index is 490. The van der Waals surface area contributed by atoms with E-state index < -0.39 is 18.1 Å². The summed E-state index contributed by atoms with van der Waals surface area (Å²) in [7, 11) is 4.04. The Labute approximate surface area is 237 Å². The number of primary amides is 1. The molecule has 228 valence electrons. The normalized spacial score (nSPS) is 13.3. The third kappa shape index (κ3) is 25.6. The number of carbonyl (C=O) groups is 1. The van der Waals surface area contributed by atoms with E-state index in [1.807, 2.05) is 14.1 Å². The van der Waals surface area contributed by atoms with E-state index in [4.69, 9.17) is 19.9 Å². The highest BCUT2D eigenvalue weighted by Gasteiger charge is 2.28. The first-order chi connectivity index (χ1) is 18.5. The molecule has 0 fully saturated rings. The molecule has 0 radical (unpaired) electrons. The summed E-state index contributed by atoms with van der Waals surface area (Å²) in [5, 5.41) is 0. The van der Waals surface area contributed by atoms with Gasteiger partial charge in [-0.2, -0.15) is 0 Å². The highest BCUT2D eigenvalue weighted by atomic mass is 16.6. The number of rotatable bonds is 31. The molecule has 0 saturated heterocycles. The molecule has 0 aliphatic heterocycles. The molecule has 0 aliphatic carbocycles. The van der Waals surface area contributed by atoms with Crippen molar-refractivity contribution in [3.05, 3.63) is 0 Å². The van der Waals surface area contributed by atoms with E-state index in [9.17, 15) is 4.79 Å². The van der Waals surface area contributed by atoms with Crippen LogP contribution in [0.25, 0.3) is 0 Å². The molecule has 2 unspecified atom stereocenters. The molecule has 0 rings (SSSR count). The van der Waals surface area contributed by atoms with Gasteiger partial charge in [0.25, 0.3) is 0 Å². The average Bonchev–Trinajstić information content (AvgIpc) is 2.89. The number of nitrogens with zero attached hydrogens (tertiary/aromatic N) is 1. The van der Waals surface area contributed by atoms with Gasteiger partial charge in [-0.25, -0.2) is 0 Å². The molecular weight excluding hydrogens is 476 g/mol. The smallest absolute Gasteiger partial charge is 0.249 e. The van der Waals surface area contributed by atoms with Gasteiger partial charge >= 0.3 is 0 Å². The maximum atomic E-state index is 12.2. The molecule has 0 heterocycles. The van der Waals surface area contributed by atoms with Gasteiger partial charge in [0, 0.05) is 19.8 Å². The van der Waals surface area contributed by atoms with E-state index in [2.05, 4.69) is 18.7 Å². The third-order valence-corrected chi connectivity index (χ3v) is 7.21. The fraction of sp³-hybridized carbons (Fsp3) is 0.969. The first kappa shape index (κ1) is 37.3. The Morgan fingerprint density at radius 2 is 1.00 bits per heavy atom. The van der Waals surface area contributed by atoms with Gasteiger partial charge in [0.1, 0.15) is 6.10 Å². The van der Waals surface area contributed by atoms with Crippen LogP contribution in [0.2, 0.25) is 0 Å². The molecule has 2 atom stereocenters. The Balaban J connectivity index is 4.24. The van der Waals surface area contributed by atoms with Gasteiger partial charge in [0.2, 0.25) is 5.91 Å². The quantitative estimate of drug-likeness (QED) is 0.0910. The Morgan fingerprint density at radius 3 is 1.39 bits per heavy atom. The Kier molecular flexibility index (Phi) is 28.8. The van der Waals surface area contributed by atoms with Crippen LogP contribution >= 0.6 is 0 Å². The molecule has 0 aromatic heterocycles. The van der Waals surface area contributed by atoms with E-state index in [-0.39, 0.29) is 0 Å². The lowest BCUT2D eigenvalue weighted by Gasteiger charge is -2.25. The topological polar surface area (TPSA) is 74.0 Å². The number of carbonyl (C=O) groups excluding carboxylic acids is 1. The SMILES string of the molecule is CCCCCCCCCCCCOC(COCCN(C)C)C(OCCCCCCCCCCCC)C(N)=O. The van der Waals surface area contributed by atoms with Crippen LogP contribution in [0.4, 0.5) is 0 Å². The van der Waals surface area contributed by atoms with Gasteiger partial charge < -0.3 is 24.8 Å². The lowest BCUT2D eigenvalue weighted by atomic mass is 10.1. The van der Waals surface area contributed by atoms with Crippen LogP contribution < -0.4 is 5.73 Å². The summed E-state index contributed by atoms with van der Waals surface area (Å²) in [6, 6.07) is 0. The number of hydrogen-bond donors (Lipinski definition) is 1. The van der Waals surface area contributed by atoms with Crippen molar-refractivity contribution in [3.63, 3.8) is 0 Å². The van der Waals surface area contributed by atoms with Crippen LogP contribution in [0.3, 0.4) is 0 Å². The summed E-state index contributed by atoms with van der Waals surface area (Å²) < 4.78 is 17.9. The van der Waals surface area contributed by atoms with Crippen molar-refractivity contribution < 1.29 is 19.0 Å². The van der Waals surface area contributed by atoms with Crippen molar-refractivity contribution in [3.8, 4) is 0 Å². The highest BCUT2D eigenvalue weighted by Crippen LogP contribution is 2.14. The van der Waals surface area contributed by atoms with Crippen molar-refractivity contribution in [2.75, 3.05) is 47.1 Å². The van der Waals surface area contributed by atoms with E-state index >= 15 is 0 Å². The van der Waals surface area contributed by atoms with Crippen LogP contribution in [0.1, 0.15) is 142 Å². The van der Waals surface area contributed by atoms with Gasteiger partial charge in [-0.15, -0.1) is 0 Å². The maximum Gasteiger partial charge on any atom is 0.249 e. The number of hydrogen-bond acceptors (Lipinski definition) is 5. The van der Waals surface area contributed by atoms with Crippen molar-refractivity contribution in [1.29, 1.82) is 0 Å². The summed E-state index contributed by atoms with van der Waals surface area (Å²) in [6.45, 7) is 7.43. The summed E-state index contributed by atoms with van der Waals surface area (Å²) in [5.41, 5.74) is 5.74. The van der Waals surface area contributed by atoms with Gasteiger partial charge in [-0.1, -0.05) is 129 Å². The summed E-state index contributed by atoms with van der Waals surface area (Å²) >= 11 is 0. The molecule has 0 aliphatic rings. The van der Waals surface area contributed by atoms with Crippen molar-refractivity contribution in [1.82, 2.24) is 4.90 Å². The van der Waals surface area contributed by atoms with Crippen LogP contribution in [-0.2, 0) is 19.0 Å². The largest absolute Gasteiger partial charge is 0.377 e. The van der Waals surface area contributed by atoms with E-state index in [1.165, 1.54) is 103 Å². The Hall–Kier alpha value is -0.690. The zero-order valence-corrected chi connectivity index (χ0v) is 26.0. The lowest BCUT2D eigenvalue weighted by molar-refractivity contribution is -0.148. The minimum absolute atomic E-state index is 0.331. The van der Waals surface area contributed by atoms with Crippen LogP contribution in [-0.4, -0.2) is 70.1 Å². The monoisotopic (exact) mass is 543 g/mol. The fourth-order valence-electron chi connectivity index (χ4n) is 4.67. The van der Waals surface area contributed by atoms with Crippen LogP contribution in [0.5, 0.6) is 0 Å². The number of likely N-dealkylation sites (N-methyl/N-ethyl adjacent to an activating group) is 1. The molecule has 0 bridgehead atoms. The zero-order valence-electron chi connectivity index (χ0n) is 26.0. The van der Waals surface area contributed by atoms with Crippen molar-refractivity contribution >= 4 is 5.91 Å². The molecule has 6 nitrogen and oxygen atoms in total. The number of ether oxygens (including phenoxy) is 3. The van der Waals surface area contributed by atoms with E-state index in [0.717, 1.165) is 32.2 Å². The molecule has 6 heteroatoms. The minimum atomic E-state index is -0.754. The summed E-state index contributed by atoms with van der Waals surface area (Å²) in [4.78, 5) is 14.3. The molecule has 0 aromatic carbocycles. The van der Waals surface area contributed by atoms with E-state index in [0.29, 0.717) is 26.4 Å².